The highest BCUT2D eigenvalue weighted by Crippen LogP contribution is 2.41. The van der Waals surface area contributed by atoms with Crippen LogP contribution in [0.4, 0.5) is 4.39 Å². The van der Waals surface area contributed by atoms with Gasteiger partial charge in [0.1, 0.15) is 12.1 Å². The van der Waals surface area contributed by atoms with Crippen molar-refractivity contribution in [3.8, 4) is 0 Å². The van der Waals surface area contributed by atoms with Crippen molar-refractivity contribution in [2.24, 2.45) is 5.92 Å². The number of piperazine rings is 1. The molecule has 6 rings (SSSR count). The number of benzene rings is 1. The van der Waals surface area contributed by atoms with Crippen LogP contribution in [0.1, 0.15) is 85.7 Å². The first-order chi connectivity index (χ1) is 22.4. The maximum atomic E-state index is 14.5. The predicted octanol–water partition coefficient (Wildman–Crippen LogP) is 4.01. The van der Waals surface area contributed by atoms with Crippen LogP contribution in [0, 0.1) is 25.6 Å². The van der Waals surface area contributed by atoms with E-state index in [1.807, 2.05) is 38.9 Å². The molecule has 3 saturated heterocycles. The largest absolute Gasteiger partial charge is 0.338 e. The van der Waals surface area contributed by atoms with Gasteiger partial charge in [0.05, 0.1) is 22.2 Å². The molecule has 4 heterocycles. The number of carbonyl (C=O) groups is 1. The Kier molecular flexibility index (Phi) is 11.4. The predicted molar refractivity (Wildman–Crippen MR) is 183 cm³/mol. The molecule has 47 heavy (non-hydrogen) atoms. The van der Waals surface area contributed by atoms with Crippen LogP contribution in [0.25, 0.3) is 0 Å². The zero-order chi connectivity index (χ0) is 33.9. The van der Waals surface area contributed by atoms with E-state index in [0.717, 1.165) is 75.1 Å². The van der Waals surface area contributed by atoms with Gasteiger partial charge in [0.2, 0.25) is 10.0 Å². The number of nitrogens with one attached hydrogen (secondary N) is 1. The molecule has 3 aliphatic heterocycles. The number of halogens is 1. The van der Waals surface area contributed by atoms with E-state index >= 15 is 0 Å². The molecular weight excluding hydrogens is 617 g/mol. The second-order valence-electron chi connectivity index (χ2n) is 14.2. The van der Waals surface area contributed by atoms with Crippen LogP contribution < -0.4 is 5.32 Å². The maximum absolute atomic E-state index is 14.5. The summed E-state index contributed by atoms with van der Waals surface area (Å²) in [6.07, 6.45) is 6.45. The molecule has 1 aromatic carbocycles. The van der Waals surface area contributed by atoms with Gasteiger partial charge >= 0.3 is 0 Å². The summed E-state index contributed by atoms with van der Waals surface area (Å²) in [6, 6.07) is 7.29. The van der Waals surface area contributed by atoms with Crippen molar-refractivity contribution in [2.45, 2.75) is 89.1 Å². The molecule has 2 aromatic rings. The van der Waals surface area contributed by atoms with E-state index in [-0.39, 0.29) is 40.5 Å². The zero-order valence-electron chi connectivity index (χ0n) is 29.1. The molecule has 12 heteroatoms. The minimum absolute atomic E-state index is 0.00866. The van der Waals surface area contributed by atoms with Gasteiger partial charge in [0, 0.05) is 63.4 Å². The minimum atomic E-state index is -3.18. The minimum Gasteiger partial charge on any atom is -0.338 e. The third-order valence-electron chi connectivity index (χ3n) is 10.8. The lowest BCUT2D eigenvalue weighted by molar-refractivity contribution is -0.0422. The van der Waals surface area contributed by atoms with Crippen LogP contribution in [0.3, 0.4) is 0 Å². The number of sulfonamides is 1. The summed E-state index contributed by atoms with van der Waals surface area (Å²) in [5.41, 5.74) is 3.05. The van der Waals surface area contributed by atoms with Crippen molar-refractivity contribution in [1.29, 1.82) is 0 Å². The number of amides is 1. The summed E-state index contributed by atoms with van der Waals surface area (Å²) < 4.78 is 42.0. The first kappa shape index (κ1) is 35.8. The number of piperidine rings is 2. The number of hydrogen-bond acceptors (Lipinski definition) is 8. The summed E-state index contributed by atoms with van der Waals surface area (Å²) in [7, 11) is 0.571. The number of aromatic nitrogens is 2. The van der Waals surface area contributed by atoms with Gasteiger partial charge in [0.15, 0.2) is 0 Å². The molecule has 1 saturated carbocycles. The Morgan fingerprint density at radius 2 is 1.60 bits per heavy atom. The van der Waals surface area contributed by atoms with E-state index < -0.39 is 10.0 Å². The van der Waals surface area contributed by atoms with Crippen molar-refractivity contribution in [1.82, 2.24) is 34.3 Å². The van der Waals surface area contributed by atoms with E-state index in [9.17, 15) is 17.6 Å². The summed E-state index contributed by atoms with van der Waals surface area (Å²) >= 11 is 0. The lowest BCUT2D eigenvalue weighted by atomic mass is 9.82. The Hall–Kier alpha value is -2.51. The molecule has 0 spiro atoms. The van der Waals surface area contributed by atoms with Gasteiger partial charge in [-0.2, -0.15) is 0 Å². The van der Waals surface area contributed by atoms with E-state index in [4.69, 9.17) is 0 Å². The topological polar surface area (TPSA) is 102 Å². The number of hydrogen-bond donors (Lipinski definition) is 1. The average molecular weight is 672 g/mol. The molecular formula is C35H54FN7O3S. The SMILES string of the molecule is CNC.Cc1ncnc(C)c1C(=O)N1CCC(C)(N2CCN([C@@H](c3cccc(F)c3)C3CCN(S(=O)(=O)C4CC4)CC3)[C@H](C)C2)CC1. The molecule has 1 amide bonds. The van der Waals surface area contributed by atoms with E-state index in [1.165, 1.54) is 12.4 Å². The van der Waals surface area contributed by atoms with Gasteiger partial charge in [-0.3, -0.25) is 14.6 Å². The van der Waals surface area contributed by atoms with Crippen LogP contribution in [0.15, 0.2) is 30.6 Å². The molecule has 0 unspecified atom stereocenters. The number of rotatable bonds is 7. The molecule has 2 atom stereocenters. The Morgan fingerprint density at radius 3 is 2.15 bits per heavy atom. The Morgan fingerprint density at radius 1 is 0.979 bits per heavy atom. The molecule has 10 nitrogen and oxygen atoms in total. The number of aryl methyl sites for hydroxylation is 2. The van der Waals surface area contributed by atoms with Crippen LogP contribution in [0.5, 0.6) is 0 Å². The highest BCUT2D eigenvalue weighted by molar-refractivity contribution is 7.90. The van der Waals surface area contributed by atoms with Crippen LogP contribution >= 0.6 is 0 Å². The monoisotopic (exact) mass is 671 g/mol. The van der Waals surface area contributed by atoms with Crippen molar-refractivity contribution < 1.29 is 17.6 Å². The lowest BCUT2D eigenvalue weighted by Crippen LogP contribution is -2.63. The van der Waals surface area contributed by atoms with Crippen molar-refractivity contribution in [3.05, 3.63) is 58.9 Å². The molecule has 1 aliphatic carbocycles. The average Bonchev–Trinajstić information content (AvgIpc) is 3.90. The third kappa shape index (κ3) is 7.88. The molecule has 4 fully saturated rings. The van der Waals surface area contributed by atoms with Crippen LogP contribution in [0.2, 0.25) is 0 Å². The highest BCUT2D eigenvalue weighted by atomic mass is 32.2. The van der Waals surface area contributed by atoms with Crippen LogP contribution in [-0.4, -0.2) is 120 Å². The Balaban J connectivity index is 0.00000139. The fraction of sp³-hybridized carbons (Fsp3) is 0.686. The lowest BCUT2D eigenvalue weighted by Gasteiger charge is -2.54. The van der Waals surface area contributed by atoms with E-state index in [0.29, 0.717) is 31.7 Å². The van der Waals surface area contributed by atoms with E-state index in [1.54, 1.807) is 16.4 Å². The molecule has 0 radical (unpaired) electrons. The maximum Gasteiger partial charge on any atom is 0.257 e. The quantitative estimate of drug-likeness (QED) is 0.472. The fourth-order valence-corrected chi connectivity index (χ4v) is 9.76. The normalized spacial score (nSPS) is 24.0. The van der Waals surface area contributed by atoms with E-state index in [2.05, 4.69) is 38.9 Å². The fourth-order valence-electron chi connectivity index (χ4n) is 7.89. The number of nitrogens with zero attached hydrogens (tertiary/aromatic N) is 6. The molecule has 0 bridgehead atoms. The highest BCUT2D eigenvalue weighted by Gasteiger charge is 2.45. The molecule has 260 valence electrons. The van der Waals surface area contributed by atoms with Gasteiger partial charge in [-0.05, 0) is 104 Å². The van der Waals surface area contributed by atoms with Crippen molar-refractivity contribution in [3.63, 3.8) is 0 Å². The molecule has 1 N–H and O–H groups in total. The number of likely N-dealkylation sites (tertiary alicyclic amines) is 1. The first-order valence-electron chi connectivity index (χ1n) is 17.3. The smallest absolute Gasteiger partial charge is 0.257 e. The summed E-state index contributed by atoms with van der Waals surface area (Å²) in [6.45, 7) is 13.5. The number of carbonyl (C=O) groups excluding carboxylic acids is 1. The standard InChI is InChI=1S/C33H47FN6O3S.C2H7N/c1-23-21-38(33(4)12-16-37(17-13-33)32(41)30-24(2)35-22-36-25(30)3)18-19-40(23)31(27-6-5-7-28(34)20-27)26-10-14-39(15-11-26)44(42,43)29-8-9-29;1-3-2/h5-7,20,22-23,26,29,31H,8-19,21H2,1-4H3;3H,1-2H3/t23-,31-;/m1./s1. The van der Waals surface area contributed by atoms with Crippen molar-refractivity contribution >= 4 is 15.9 Å². The first-order valence-corrected chi connectivity index (χ1v) is 18.8. The summed E-state index contributed by atoms with van der Waals surface area (Å²) in [5, 5.41) is 2.57. The van der Waals surface area contributed by atoms with Gasteiger partial charge in [-0.1, -0.05) is 12.1 Å². The molecule has 1 aromatic heterocycles. The zero-order valence-corrected chi connectivity index (χ0v) is 29.9. The van der Waals surface area contributed by atoms with Gasteiger partial charge in [-0.25, -0.2) is 27.1 Å². The Bertz CT molecular complexity index is 1470. The van der Waals surface area contributed by atoms with Crippen molar-refractivity contribution in [2.75, 3.05) is 59.9 Å². The summed E-state index contributed by atoms with van der Waals surface area (Å²) in [4.78, 5) is 29.0. The van der Waals surface area contributed by atoms with Gasteiger partial charge in [-0.15, -0.1) is 0 Å². The van der Waals surface area contributed by atoms with Gasteiger partial charge < -0.3 is 10.2 Å². The summed E-state index contributed by atoms with van der Waals surface area (Å²) in [5.74, 6) is 0.0544. The molecule has 4 aliphatic rings. The Labute approximate surface area is 281 Å². The third-order valence-corrected chi connectivity index (χ3v) is 13.2. The second-order valence-corrected chi connectivity index (χ2v) is 16.4. The second kappa shape index (κ2) is 14.9. The van der Waals surface area contributed by atoms with Crippen LogP contribution in [-0.2, 0) is 10.0 Å². The van der Waals surface area contributed by atoms with Gasteiger partial charge in [0.25, 0.3) is 5.91 Å².